The summed E-state index contributed by atoms with van der Waals surface area (Å²) >= 11 is 0. The van der Waals surface area contributed by atoms with Gasteiger partial charge in [0, 0.05) is 19.4 Å². The summed E-state index contributed by atoms with van der Waals surface area (Å²) < 4.78 is 7.62. The third kappa shape index (κ3) is 2.94. The lowest BCUT2D eigenvalue weighted by Gasteiger charge is -2.28. The summed E-state index contributed by atoms with van der Waals surface area (Å²) in [5, 5.41) is 12.1. The molecule has 2 fully saturated rings. The number of aryl methyl sites for hydroxylation is 1. The van der Waals surface area contributed by atoms with E-state index in [1.54, 1.807) is 6.20 Å². The molecule has 122 valence electrons. The normalized spacial score (nSPS) is 25.1. The molecule has 7 heteroatoms. The Morgan fingerprint density at radius 3 is 2.74 bits per heavy atom. The second-order valence-corrected chi connectivity index (χ2v) is 6.26. The molecule has 1 N–H and O–H groups in total. The van der Waals surface area contributed by atoms with E-state index in [-0.39, 0.29) is 6.04 Å². The number of aromatic nitrogens is 4. The number of hydrogen-bond donors (Lipinski definition) is 1. The zero-order valence-corrected chi connectivity index (χ0v) is 13.4. The maximum absolute atomic E-state index is 5.69. The third-order valence-electron chi connectivity index (χ3n) is 4.71. The van der Waals surface area contributed by atoms with Gasteiger partial charge in [-0.1, -0.05) is 0 Å². The summed E-state index contributed by atoms with van der Waals surface area (Å²) in [4.78, 5) is 6.82. The lowest BCUT2D eigenvalue weighted by atomic mass is 10.1. The van der Waals surface area contributed by atoms with Crippen LogP contribution < -0.4 is 5.32 Å². The molecule has 2 atom stereocenters. The van der Waals surface area contributed by atoms with Gasteiger partial charge in [-0.2, -0.15) is 0 Å². The van der Waals surface area contributed by atoms with Crippen LogP contribution in [-0.2, 0) is 11.8 Å². The highest BCUT2D eigenvalue weighted by Crippen LogP contribution is 2.22. The summed E-state index contributed by atoms with van der Waals surface area (Å²) in [6, 6.07) is 4.64. The van der Waals surface area contributed by atoms with Crippen molar-refractivity contribution in [2.45, 2.75) is 24.9 Å². The van der Waals surface area contributed by atoms with Crippen molar-refractivity contribution < 1.29 is 4.74 Å². The first-order valence-corrected chi connectivity index (χ1v) is 8.21. The Kier molecular flexibility index (Phi) is 3.97. The summed E-state index contributed by atoms with van der Waals surface area (Å²) in [5.74, 6) is 1.62. The van der Waals surface area contributed by atoms with Crippen LogP contribution in [0.3, 0.4) is 0 Å². The molecule has 7 nitrogen and oxygen atoms in total. The topological polar surface area (TPSA) is 68.1 Å². The van der Waals surface area contributed by atoms with Gasteiger partial charge in [-0.25, -0.2) is 4.98 Å². The predicted octanol–water partition coefficient (Wildman–Crippen LogP) is 1.15. The van der Waals surface area contributed by atoms with Crippen molar-refractivity contribution >= 4 is 5.82 Å². The fourth-order valence-corrected chi connectivity index (χ4v) is 3.44. The molecule has 0 aliphatic carbocycles. The second kappa shape index (κ2) is 6.25. The van der Waals surface area contributed by atoms with Gasteiger partial charge in [0.1, 0.15) is 11.5 Å². The fraction of sp³-hybridized carbons (Fsp3) is 0.562. The third-order valence-corrected chi connectivity index (χ3v) is 4.71. The van der Waals surface area contributed by atoms with Gasteiger partial charge < -0.3 is 14.6 Å². The maximum atomic E-state index is 5.69. The molecular weight excluding hydrogens is 292 g/mol. The van der Waals surface area contributed by atoms with Crippen molar-refractivity contribution in [3.8, 4) is 11.5 Å². The molecule has 0 spiro atoms. The van der Waals surface area contributed by atoms with Crippen LogP contribution in [0, 0.1) is 0 Å². The van der Waals surface area contributed by atoms with Crippen molar-refractivity contribution in [3.63, 3.8) is 0 Å². The zero-order chi connectivity index (χ0) is 15.6. The lowest BCUT2D eigenvalue weighted by Crippen LogP contribution is -2.45. The summed E-state index contributed by atoms with van der Waals surface area (Å²) in [6.45, 7) is 3.88. The Hall–Kier alpha value is -1.99. The fourth-order valence-electron chi connectivity index (χ4n) is 3.44. The monoisotopic (exact) mass is 314 g/mol. The van der Waals surface area contributed by atoms with Crippen LogP contribution in [0.1, 0.15) is 12.8 Å². The number of hydrogen-bond acceptors (Lipinski definition) is 6. The first-order chi connectivity index (χ1) is 11.3. The van der Waals surface area contributed by atoms with Crippen LogP contribution in [0.15, 0.2) is 24.5 Å². The molecule has 0 radical (unpaired) electrons. The van der Waals surface area contributed by atoms with Crippen molar-refractivity contribution in [1.29, 1.82) is 0 Å². The van der Waals surface area contributed by atoms with Crippen LogP contribution in [-0.4, -0.2) is 63.0 Å². The van der Waals surface area contributed by atoms with Gasteiger partial charge >= 0.3 is 0 Å². The minimum absolute atomic E-state index is 0.279. The molecule has 0 amide bonds. The summed E-state index contributed by atoms with van der Waals surface area (Å²) in [5.41, 5.74) is 0.779. The Bertz CT molecular complexity index is 649. The number of nitrogens with zero attached hydrogens (tertiary/aromatic N) is 5. The van der Waals surface area contributed by atoms with E-state index >= 15 is 0 Å². The minimum atomic E-state index is 0.279. The smallest absolute Gasteiger partial charge is 0.160 e. The van der Waals surface area contributed by atoms with E-state index in [1.807, 2.05) is 29.9 Å². The Morgan fingerprint density at radius 1 is 1.17 bits per heavy atom. The molecular formula is C16H22N6O. The summed E-state index contributed by atoms with van der Waals surface area (Å²) in [7, 11) is 1.95. The summed E-state index contributed by atoms with van der Waals surface area (Å²) in [6.07, 6.45) is 6.25. The number of anilines is 1. The molecule has 4 heterocycles. The second-order valence-electron chi connectivity index (χ2n) is 6.26. The Morgan fingerprint density at radius 2 is 2.04 bits per heavy atom. The number of likely N-dealkylation sites (tertiary alicyclic amines) is 1. The van der Waals surface area contributed by atoms with Crippen LogP contribution in [0.25, 0.3) is 11.5 Å². The maximum Gasteiger partial charge on any atom is 0.160 e. The number of imidazole rings is 1. The largest absolute Gasteiger partial charge is 0.378 e. The molecule has 4 rings (SSSR count). The highest BCUT2D eigenvalue weighted by molar-refractivity contribution is 5.51. The van der Waals surface area contributed by atoms with Crippen molar-refractivity contribution in [2.24, 2.45) is 7.05 Å². The number of nitrogens with one attached hydrogen (secondary N) is 1. The highest BCUT2D eigenvalue weighted by atomic mass is 16.5. The lowest BCUT2D eigenvalue weighted by molar-refractivity contribution is 0.159. The molecule has 0 aromatic carbocycles. The van der Waals surface area contributed by atoms with E-state index in [9.17, 15) is 0 Å². The first kappa shape index (κ1) is 14.6. The first-order valence-electron chi connectivity index (χ1n) is 8.21. The molecule has 2 saturated heterocycles. The van der Waals surface area contributed by atoms with Crippen LogP contribution in [0.4, 0.5) is 5.82 Å². The number of rotatable bonds is 4. The molecule has 2 aliphatic heterocycles. The molecule has 2 aliphatic rings. The van der Waals surface area contributed by atoms with Crippen LogP contribution in [0.5, 0.6) is 0 Å². The zero-order valence-electron chi connectivity index (χ0n) is 13.4. The molecule has 0 bridgehead atoms. The average Bonchev–Trinajstić information content (AvgIpc) is 3.29. The van der Waals surface area contributed by atoms with E-state index in [1.165, 1.54) is 25.9 Å². The van der Waals surface area contributed by atoms with Crippen LogP contribution in [0.2, 0.25) is 0 Å². The van der Waals surface area contributed by atoms with Crippen molar-refractivity contribution in [2.75, 3.05) is 31.6 Å². The minimum Gasteiger partial charge on any atom is -0.378 e. The number of ether oxygens (including phenoxy) is 1. The van der Waals surface area contributed by atoms with E-state index in [0.29, 0.717) is 6.04 Å². The highest BCUT2D eigenvalue weighted by Gasteiger charge is 2.34. The van der Waals surface area contributed by atoms with Crippen LogP contribution >= 0.6 is 0 Å². The van der Waals surface area contributed by atoms with Gasteiger partial charge in [-0.3, -0.25) is 4.90 Å². The van der Waals surface area contributed by atoms with Gasteiger partial charge in [-0.15, -0.1) is 10.2 Å². The van der Waals surface area contributed by atoms with Gasteiger partial charge in [0.05, 0.1) is 25.3 Å². The molecule has 2 aromatic rings. The SMILES string of the molecule is Cn1ccnc1-c1ccc(N[C@H]2COC[C@@H]2N2CCCC2)nn1. The standard InChI is InChI=1S/C16H22N6O/c1-21-9-6-17-16(21)12-4-5-15(20-19-12)18-13-10-23-11-14(13)22-7-2-3-8-22/h4-6,9,13-14H,2-3,7-8,10-11H2,1H3,(H,18,20)/t13-,14-/m0/s1. The van der Waals surface area contributed by atoms with Crippen molar-refractivity contribution in [3.05, 3.63) is 24.5 Å². The van der Waals surface area contributed by atoms with Gasteiger partial charge in [0.25, 0.3) is 0 Å². The van der Waals surface area contributed by atoms with E-state index < -0.39 is 0 Å². The molecule has 0 unspecified atom stereocenters. The Balaban J connectivity index is 1.45. The van der Waals surface area contributed by atoms with Crippen molar-refractivity contribution in [1.82, 2.24) is 24.6 Å². The predicted molar refractivity (Wildman–Crippen MR) is 87.1 cm³/mol. The van der Waals surface area contributed by atoms with E-state index in [2.05, 4.69) is 25.4 Å². The molecule has 23 heavy (non-hydrogen) atoms. The Labute approximate surface area is 135 Å². The average molecular weight is 314 g/mol. The van der Waals surface area contributed by atoms with E-state index in [0.717, 1.165) is 30.5 Å². The van der Waals surface area contributed by atoms with E-state index in [4.69, 9.17) is 4.74 Å². The quantitative estimate of drug-likeness (QED) is 0.913. The molecule has 2 aromatic heterocycles. The van der Waals surface area contributed by atoms with Gasteiger partial charge in [0.2, 0.25) is 0 Å². The molecule has 0 saturated carbocycles. The van der Waals surface area contributed by atoms with Gasteiger partial charge in [-0.05, 0) is 38.1 Å². The van der Waals surface area contributed by atoms with Gasteiger partial charge in [0.15, 0.2) is 5.82 Å².